The van der Waals surface area contributed by atoms with Crippen LogP contribution in [-0.2, 0) is 4.79 Å². The zero-order valence-corrected chi connectivity index (χ0v) is 9.35. The average Bonchev–Trinajstić information content (AvgIpc) is 2.63. The van der Waals surface area contributed by atoms with Gasteiger partial charge >= 0.3 is 6.03 Å². The number of carbonyl (C=O) groups excluding carboxylic acids is 2. The highest BCUT2D eigenvalue weighted by Gasteiger charge is 2.28. The van der Waals surface area contributed by atoms with Crippen molar-refractivity contribution in [2.24, 2.45) is 0 Å². The minimum atomic E-state index is -0.130. The van der Waals surface area contributed by atoms with E-state index in [1.54, 1.807) is 29.2 Å². The van der Waals surface area contributed by atoms with Crippen molar-refractivity contribution in [1.82, 2.24) is 4.90 Å². The highest BCUT2D eigenvalue weighted by Crippen LogP contribution is 2.21. The van der Waals surface area contributed by atoms with Gasteiger partial charge in [0.25, 0.3) is 0 Å². The standard InChI is InChI=1S/C11H11ClN2O2/c12-9-1-3-10(4-2-9)14-6-5-13(7-8-15)11(14)16/h1-4,8H,5-7H2. The number of carbonyl (C=O) groups is 2. The Morgan fingerprint density at radius 2 is 1.94 bits per heavy atom. The Bertz CT molecular complexity index is 405. The van der Waals surface area contributed by atoms with Gasteiger partial charge in [-0.25, -0.2) is 4.79 Å². The monoisotopic (exact) mass is 238 g/mol. The van der Waals surface area contributed by atoms with Crippen LogP contribution in [-0.4, -0.2) is 36.9 Å². The van der Waals surface area contributed by atoms with Gasteiger partial charge in [0.1, 0.15) is 6.29 Å². The maximum Gasteiger partial charge on any atom is 0.324 e. The molecular formula is C11H11ClN2O2. The maximum absolute atomic E-state index is 11.8. The van der Waals surface area contributed by atoms with Crippen LogP contribution in [0.1, 0.15) is 0 Å². The number of anilines is 1. The number of rotatable bonds is 3. The van der Waals surface area contributed by atoms with Gasteiger partial charge < -0.3 is 9.69 Å². The number of benzene rings is 1. The summed E-state index contributed by atoms with van der Waals surface area (Å²) in [6, 6.07) is 6.95. The molecule has 1 aliphatic heterocycles. The highest BCUT2D eigenvalue weighted by atomic mass is 35.5. The summed E-state index contributed by atoms with van der Waals surface area (Å²) in [6.45, 7) is 1.34. The third-order valence-corrected chi connectivity index (χ3v) is 2.78. The molecular weight excluding hydrogens is 228 g/mol. The van der Waals surface area contributed by atoms with Gasteiger partial charge in [-0.2, -0.15) is 0 Å². The number of hydrogen-bond donors (Lipinski definition) is 0. The van der Waals surface area contributed by atoms with E-state index in [9.17, 15) is 9.59 Å². The van der Waals surface area contributed by atoms with Crippen molar-refractivity contribution >= 4 is 29.6 Å². The zero-order valence-electron chi connectivity index (χ0n) is 8.60. The second kappa shape index (κ2) is 4.53. The van der Waals surface area contributed by atoms with Gasteiger partial charge in [0.2, 0.25) is 0 Å². The van der Waals surface area contributed by atoms with Crippen LogP contribution in [0.4, 0.5) is 10.5 Å². The highest BCUT2D eigenvalue weighted by molar-refractivity contribution is 6.30. The number of aldehydes is 1. The number of hydrogen-bond acceptors (Lipinski definition) is 2. The molecule has 0 saturated carbocycles. The van der Waals surface area contributed by atoms with Crippen LogP contribution in [0.25, 0.3) is 0 Å². The first-order valence-corrected chi connectivity index (χ1v) is 5.36. The lowest BCUT2D eigenvalue weighted by molar-refractivity contribution is -0.108. The summed E-state index contributed by atoms with van der Waals surface area (Å²) in [5.74, 6) is 0. The predicted octanol–water partition coefficient (Wildman–Crippen LogP) is 1.78. The van der Waals surface area contributed by atoms with Crippen molar-refractivity contribution in [3.05, 3.63) is 29.3 Å². The lowest BCUT2D eigenvalue weighted by atomic mass is 10.3. The van der Waals surface area contributed by atoms with Crippen LogP contribution < -0.4 is 4.90 Å². The third-order valence-electron chi connectivity index (χ3n) is 2.53. The summed E-state index contributed by atoms with van der Waals surface area (Å²) in [5, 5.41) is 0.639. The third kappa shape index (κ3) is 2.02. The molecule has 0 unspecified atom stereocenters. The maximum atomic E-state index is 11.8. The van der Waals surface area contributed by atoms with E-state index >= 15 is 0 Å². The van der Waals surface area contributed by atoms with Gasteiger partial charge in [-0.3, -0.25) is 4.90 Å². The number of halogens is 1. The Morgan fingerprint density at radius 1 is 1.25 bits per heavy atom. The Kier molecular flexibility index (Phi) is 3.10. The lowest BCUT2D eigenvalue weighted by Gasteiger charge is -2.16. The quantitative estimate of drug-likeness (QED) is 0.754. The lowest BCUT2D eigenvalue weighted by Crippen LogP contribution is -2.32. The molecule has 1 heterocycles. The van der Waals surface area contributed by atoms with Crippen molar-refractivity contribution in [3.63, 3.8) is 0 Å². The summed E-state index contributed by atoms with van der Waals surface area (Å²) in [6.07, 6.45) is 0.739. The van der Waals surface area contributed by atoms with Crippen molar-refractivity contribution < 1.29 is 9.59 Å². The molecule has 4 nitrogen and oxygen atoms in total. The first-order chi connectivity index (χ1) is 7.72. The molecule has 1 aliphatic rings. The molecule has 0 aromatic heterocycles. The van der Waals surface area contributed by atoms with Crippen molar-refractivity contribution in [1.29, 1.82) is 0 Å². The van der Waals surface area contributed by atoms with E-state index in [1.807, 2.05) is 0 Å². The second-order valence-corrected chi connectivity index (χ2v) is 3.96. The Labute approximate surface area is 98.4 Å². The molecule has 1 saturated heterocycles. The smallest absolute Gasteiger partial charge is 0.316 e. The van der Waals surface area contributed by atoms with E-state index < -0.39 is 0 Å². The molecule has 1 fully saturated rings. The Morgan fingerprint density at radius 3 is 2.56 bits per heavy atom. The summed E-state index contributed by atoms with van der Waals surface area (Å²) >= 11 is 5.77. The fourth-order valence-electron chi connectivity index (χ4n) is 1.70. The first-order valence-electron chi connectivity index (χ1n) is 4.98. The van der Waals surface area contributed by atoms with Crippen LogP contribution in [0.2, 0.25) is 5.02 Å². The van der Waals surface area contributed by atoms with Crippen molar-refractivity contribution in [2.75, 3.05) is 24.5 Å². The van der Waals surface area contributed by atoms with E-state index in [0.29, 0.717) is 18.1 Å². The van der Waals surface area contributed by atoms with Crippen LogP contribution in [0.15, 0.2) is 24.3 Å². The molecule has 2 rings (SSSR count). The summed E-state index contributed by atoms with van der Waals surface area (Å²) in [4.78, 5) is 25.4. The SMILES string of the molecule is O=CCN1CCN(c2ccc(Cl)cc2)C1=O. The molecule has 5 heteroatoms. The fraction of sp³-hybridized carbons (Fsp3) is 0.273. The normalized spacial score (nSPS) is 15.7. The molecule has 2 amide bonds. The Hall–Kier alpha value is -1.55. The van der Waals surface area contributed by atoms with Gasteiger partial charge in [0.05, 0.1) is 6.54 Å². The van der Waals surface area contributed by atoms with E-state index in [2.05, 4.69) is 0 Å². The van der Waals surface area contributed by atoms with Gasteiger partial charge in [-0.05, 0) is 24.3 Å². The molecule has 0 aliphatic carbocycles. The molecule has 16 heavy (non-hydrogen) atoms. The van der Waals surface area contributed by atoms with E-state index in [4.69, 9.17) is 11.6 Å². The van der Waals surface area contributed by atoms with Crippen molar-refractivity contribution in [3.8, 4) is 0 Å². The molecule has 0 N–H and O–H groups in total. The van der Waals surface area contributed by atoms with E-state index in [1.165, 1.54) is 4.90 Å². The molecule has 0 spiro atoms. The summed E-state index contributed by atoms with van der Waals surface area (Å²) < 4.78 is 0. The molecule has 1 aromatic rings. The van der Waals surface area contributed by atoms with Crippen molar-refractivity contribution in [2.45, 2.75) is 0 Å². The second-order valence-electron chi connectivity index (χ2n) is 3.52. The fourth-order valence-corrected chi connectivity index (χ4v) is 1.83. The minimum Gasteiger partial charge on any atom is -0.316 e. The number of nitrogens with zero attached hydrogens (tertiary/aromatic N) is 2. The van der Waals surface area contributed by atoms with Gasteiger partial charge in [0.15, 0.2) is 0 Å². The minimum absolute atomic E-state index is 0.130. The molecule has 0 radical (unpaired) electrons. The van der Waals surface area contributed by atoms with Crippen LogP contribution in [0.3, 0.4) is 0 Å². The van der Waals surface area contributed by atoms with Gasteiger partial charge in [0, 0.05) is 23.8 Å². The Balaban J connectivity index is 2.15. The van der Waals surface area contributed by atoms with Gasteiger partial charge in [-0.15, -0.1) is 0 Å². The molecule has 84 valence electrons. The topological polar surface area (TPSA) is 40.6 Å². The first kappa shape index (κ1) is 11.0. The molecule has 0 bridgehead atoms. The van der Waals surface area contributed by atoms with Crippen LogP contribution >= 0.6 is 11.6 Å². The number of urea groups is 1. The molecule has 1 aromatic carbocycles. The average molecular weight is 239 g/mol. The number of amides is 2. The largest absolute Gasteiger partial charge is 0.324 e. The van der Waals surface area contributed by atoms with Crippen LogP contribution in [0, 0.1) is 0 Å². The van der Waals surface area contributed by atoms with E-state index in [-0.39, 0.29) is 12.6 Å². The molecule has 0 atom stereocenters. The zero-order chi connectivity index (χ0) is 11.5. The van der Waals surface area contributed by atoms with E-state index in [0.717, 1.165) is 12.0 Å². The summed E-state index contributed by atoms with van der Waals surface area (Å²) in [7, 11) is 0. The van der Waals surface area contributed by atoms with Crippen LogP contribution in [0.5, 0.6) is 0 Å². The summed E-state index contributed by atoms with van der Waals surface area (Å²) in [5.41, 5.74) is 0.808. The van der Waals surface area contributed by atoms with Gasteiger partial charge in [-0.1, -0.05) is 11.6 Å². The predicted molar refractivity (Wildman–Crippen MR) is 61.8 cm³/mol.